The van der Waals surface area contributed by atoms with E-state index in [1.165, 1.54) is 0 Å². The number of rotatable bonds is 4. The van der Waals surface area contributed by atoms with E-state index in [2.05, 4.69) is 10.2 Å². The molecule has 1 aromatic carbocycles. The highest BCUT2D eigenvalue weighted by atomic mass is 16.5. The maximum Gasteiger partial charge on any atom is 0.170 e. The number of hydrogen-bond acceptors (Lipinski definition) is 4. The van der Waals surface area contributed by atoms with Crippen molar-refractivity contribution >= 4 is 0 Å². The zero-order valence-electron chi connectivity index (χ0n) is 11.7. The smallest absolute Gasteiger partial charge is 0.170 e. The van der Waals surface area contributed by atoms with Gasteiger partial charge < -0.3 is 14.4 Å². The van der Waals surface area contributed by atoms with Crippen molar-refractivity contribution < 1.29 is 9.84 Å². The summed E-state index contributed by atoms with van der Waals surface area (Å²) in [7, 11) is 1.91. The third kappa shape index (κ3) is 2.93. The standard InChI is InChI=1S/C14H19N3O2/c1-9-7-12(10(2)18)5-6-13(9)19-8-14-16-15-11(3)17(14)4/h5-7,10,18H,8H2,1-4H3/t10-/m1/s1. The summed E-state index contributed by atoms with van der Waals surface area (Å²) in [6.07, 6.45) is -0.464. The second kappa shape index (κ2) is 5.40. The Morgan fingerprint density at radius 2 is 2.05 bits per heavy atom. The van der Waals surface area contributed by atoms with Gasteiger partial charge in [0.1, 0.15) is 18.2 Å². The molecule has 0 radical (unpaired) electrons. The first-order valence-corrected chi connectivity index (χ1v) is 6.25. The van der Waals surface area contributed by atoms with Crippen molar-refractivity contribution in [3.63, 3.8) is 0 Å². The molecule has 1 heterocycles. The number of benzene rings is 1. The van der Waals surface area contributed by atoms with Crippen LogP contribution in [0.2, 0.25) is 0 Å². The summed E-state index contributed by atoms with van der Waals surface area (Å²) in [4.78, 5) is 0. The fourth-order valence-electron chi connectivity index (χ4n) is 1.81. The second-order valence-corrected chi connectivity index (χ2v) is 4.71. The molecule has 0 unspecified atom stereocenters. The van der Waals surface area contributed by atoms with Crippen LogP contribution in [-0.2, 0) is 13.7 Å². The molecule has 5 nitrogen and oxygen atoms in total. The summed E-state index contributed by atoms with van der Waals surface area (Å²) in [5, 5.41) is 17.6. The molecular weight excluding hydrogens is 242 g/mol. The van der Waals surface area contributed by atoms with Crippen molar-refractivity contribution in [1.29, 1.82) is 0 Å². The largest absolute Gasteiger partial charge is 0.485 e. The van der Waals surface area contributed by atoms with E-state index in [1.54, 1.807) is 6.92 Å². The average Bonchev–Trinajstić information content (AvgIpc) is 2.68. The lowest BCUT2D eigenvalue weighted by Gasteiger charge is -2.11. The predicted molar refractivity (Wildman–Crippen MR) is 71.9 cm³/mol. The molecule has 5 heteroatoms. The van der Waals surface area contributed by atoms with Crippen LogP contribution in [0.1, 0.15) is 35.8 Å². The molecule has 2 aromatic rings. The number of aliphatic hydroxyl groups excluding tert-OH is 1. The number of hydrogen-bond donors (Lipinski definition) is 1. The Labute approximate surface area is 112 Å². The maximum absolute atomic E-state index is 9.52. The Balaban J connectivity index is 2.10. The topological polar surface area (TPSA) is 60.2 Å². The number of aryl methyl sites for hydroxylation is 2. The monoisotopic (exact) mass is 261 g/mol. The number of aliphatic hydroxyl groups is 1. The van der Waals surface area contributed by atoms with Crippen LogP contribution in [-0.4, -0.2) is 19.9 Å². The molecule has 0 spiro atoms. The third-order valence-electron chi connectivity index (χ3n) is 3.22. The van der Waals surface area contributed by atoms with Crippen molar-refractivity contribution in [2.24, 2.45) is 7.05 Å². The van der Waals surface area contributed by atoms with E-state index >= 15 is 0 Å². The lowest BCUT2D eigenvalue weighted by Crippen LogP contribution is -2.05. The molecule has 0 fully saturated rings. The van der Waals surface area contributed by atoms with Gasteiger partial charge in [-0.2, -0.15) is 0 Å². The molecule has 0 saturated carbocycles. The molecule has 0 amide bonds. The highest BCUT2D eigenvalue weighted by Gasteiger charge is 2.08. The fourth-order valence-corrected chi connectivity index (χ4v) is 1.81. The zero-order valence-corrected chi connectivity index (χ0v) is 11.7. The molecule has 19 heavy (non-hydrogen) atoms. The van der Waals surface area contributed by atoms with Crippen LogP contribution in [0.3, 0.4) is 0 Å². The Hall–Kier alpha value is -1.88. The van der Waals surface area contributed by atoms with Crippen LogP contribution in [0.25, 0.3) is 0 Å². The van der Waals surface area contributed by atoms with Gasteiger partial charge in [0.2, 0.25) is 0 Å². The zero-order chi connectivity index (χ0) is 14.0. The van der Waals surface area contributed by atoms with E-state index in [0.29, 0.717) is 6.61 Å². The van der Waals surface area contributed by atoms with Gasteiger partial charge in [0.05, 0.1) is 6.10 Å². The van der Waals surface area contributed by atoms with Crippen molar-refractivity contribution in [3.05, 3.63) is 41.0 Å². The maximum atomic E-state index is 9.52. The van der Waals surface area contributed by atoms with Gasteiger partial charge in [-0.25, -0.2) is 0 Å². The van der Waals surface area contributed by atoms with Crippen molar-refractivity contribution in [3.8, 4) is 5.75 Å². The first-order chi connectivity index (χ1) is 8.99. The summed E-state index contributed by atoms with van der Waals surface area (Å²) < 4.78 is 7.65. The average molecular weight is 261 g/mol. The highest BCUT2D eigenvalue weighted by molar-refractivity contribution is 5.36. The summed E-state index contributed by atoms with van der Waals surface area (Å²) >= 11 is 0. The van der Waals surface area contributed by atoms with Gasteiger partial charge in [-0.1, -0.05) is 6.07 Å². The Kier molecular flexibility index (Phi) is 3.85. The minimum absolute atomic E-state index is 0.381. The van der Waals surface area contributed by atoms with Crippen molar-refractivity contribution in [2.45, 2.75) is 33.5 Å². The van der Waals surface area contributed by atoms with E-state index < -0.39 is 6.10 Å². The Morgan fingerprint density at radius 1 is 1.32 bits per heavy atom. The highest BCUT2D eigenvalue weighted by Crippen LogP contribution is 2.23. The molecule has 1 aromatic heterocycles. The van der Waals surface area contributed by atoms with E-state index in [-0.39, 0.29) is 0 Å². The predicted octanol–water partition coefficient (Wildman–Crippen LogP) is 2.06. The number of nitrogens with zero attached hydrogens (tertiary/aromatic N) is 3. The lowest BCUT2D eigenvalue weighted by atomic mass is 10.1. The van der Waals surface area contributed by atoms with Gasteiger partial charge in [-0.05, 0) is 44.0 Å². The second-order valence-electron chi connectivity index (χ2n) is 4.71. The summed E-state index contributed by atoms with van der Waals surface area (Å²) in [6.45, 7) is 5.99. The van der Waals surface area contributed by atoms with Crippen molar-refractivity contribution in [1.82, 2.24) is 14.8 Å². The number of ether oxygens (including phenoxy) is 1. The molecule has 1 atom stereocenters. The van der Waals surface area contributed by atoms with Gasteiger partial charge >= 0.3 is 0 Å². The van der Waals surface area contributed by atoms with Crippen LogP contribution in [0.4, 0.5) is 0 Å². The Bertz CT molecular complexity index is 576. The first kappa shape index (κ1) is 13.5. The molecule has 2 rings (SSSR count). The summed E-state index contributed by atoms with van der Waals surface area (Å²) in [5.74, 6) is 2.45. The van der Waals surface area contributed by atoms with Gasteiger partial charge in [0, 0.05) is 7.05 Å². The summed E-state index contributed by atoms with van der Waals surface area (Å²) in [5.41, 5.74) is 1.89. The van der Waals surface area contributed by atoms with Crippen LogP contribution in [0.15, 0.2) is 18.2 Å². The Morgan fingerprint density at radius 3 is 2.58 bits per heavy atom. The van der Waals surface area contributed by atoms with Crippen LogP contribution >= 0.6 is 0 Å². The number of aromatic nitrogens is 3. The minimum Gasteiger partial charge on any atom is -0.485 e. The third-order valence-corrected chi connectivity index (χ3v) is 3.22. The van der Waals surface area contributed by atoms with Crippen molar-refractivity contribution in [2.75, 3.05) is 0 Å². The van der Waals surface area contributed by atoms with Gasteiger partial charge in [0.15, 0.2) is 5.82 Å². The van der Waals surface area contributed by atoms with Gasteiger partial charge in [-0.3, -0.25) is 0 Å². The van der Waals surface area contributed by atoms with Crippen LogP contribution < -0.4 is 4.74 Å². The van der Waals surface area contributed by atoms with Gasteiger partial charge in [-0.15, -0.1) is 10.2 Å². The molecule has 0 saturated heterocycles. The lowest BCUT2D eigenvalue weighted by molar-refractivity contribution is 0.199. The van der Waals surface area contributed by atoms with Crippen LogP contribution in [0.5, 0.6) is 5.75 Å². The SMILES string of the molecule is Cc1cc([C@@H](C)O)ccc1OCc1nnc(C)n1C. The molecule has 0 aliphatic rings. The normalized spacial score (nSPS) is 12.5. The molecule has 1 N–H and O–H groups in total. The molecule has 0 aliphatic carbocycles. The fraction of sp³-hybridized carbons (Fsp3) is 0.429. The minimum atomic E-state index is -0.464. The van der Waals surface area contributed by atoms with E-state index in [9.17, 15) is 5.11 Å². The molecular formula is C14H19N3O2. The van der Waals surface area contributed by atoms with Gasteiger partial charge in [0.25, 0.3) is 0 Å². The van der Waals surface area contributed by atoms with E-state index in [0.717, 1.165) is 28.5 Å². The molecule has 102 valence electrons. The summed E-state index contributed by atoms with van der Waals surface area (Å²) in [6, 6.07) is 5.68. The molecule has 0 bridgehead atoms. The first-order valence-electron chi connectivity index (χ1n) is 6.25. The quantitative estimate of drug-likeness (QED) is 0.915. The van der Waals surface area contributed by atoms with E-state index in [4.69, 9.17) is 4.74 Å². The van der Waals surface area contributed by atoms with Crippen LogP contribution in [0, 0.1) is 13.8 Å². The molecule has 0 aliphatic heterocycles. The van der Waals surface area contributed by atoms with E-state index in [1.807, 2.05) is 43.7 Å².